The first-order valence-corrected chi connectivity index (χ1v) is 7.05. The van der Waals surface area contributed by atoms with Crippen molar-refractivity contribution in [2.45, 2.75) is 17.3 Å². The third kappa shape index (κ3) is 4.12. The maximum Gasteiger partial charge on any atom is 0.417 e. The molecule has 2 rings (SSSR count). The van der Waals surface area contributed by atoms with E-state index < -0.39 is 17.8 Å². The van der Waals surface area contributed by atoms with E-state index in [2.05, 4.69) is 4.98 Å². The lowest BCUT2D eigenvalue weighted by molar-refractivity contribution is -0.137. The second-order valence-electron chi connectivity index (χ2n) is 4.34. The Bertz CT molecular complexity index is 602. The number of nitrogen functional groups attached to an aromatic ring is 1. The van der Waals surface area contributed by atoms with Crippen molar-refractivity contribution in [3.8, 4) is 0 Å². The van der Waals surface area contributed by atoms with Gasteiger partial charge in [-0.2, -0.15) is 13.2 Å². The molecular formula is C14H13F3N2OS. The number of aliphatic hydroxyl groups excluding tert-OH is 1. The van der Waals surface area contributed by atoms with E-state index in [1.54, 1.807) is 24.3 Å². The summed E-state index contributed by atoms with van der Waals surface area (Å²) in [6, 6.07) is 9.17. The van der Waals surface area contributed by atoms with Gasteiger partial charge in [0.15, 0.2) is 0 Å². The number of anilines is 1. The topological polar surface area (TPSA) is 59.1 Å². The molecule has 0 saturated heterocycles. The van der Waals surface area contributed by atoms with Crippen LogP contribution in [0.2, 0.25) is 0 Å². The Kier molecular flexibility index (Phi) is 4.74. The van der Waals surface area contributed by atoms with Crippen LogP contribution in [0.1, 0.15) is 17.2 Å². The molecule has 7 heteroatoms. The molecule has 1 unspecified atom stereocenters. The van der Waals surface area contributed by atoms with Crippen LogP contribution < -0.4 is 5.73 Å². The average Bonchev–Trinajstić information content (AvgIpc) is 2.45. The van der Waals surface area contributed by atoms with Crippen LogP contribution in [0.15, 0.2) is 47.6 Å². The molecule has 0 aliphatic rings. The molecule has 0 saturated carbocycles. The van der Waals surface area contributed by atoms with E-state index in [4.69, 9.17) is 5.73 Å². The Hall–Kier alpha value is -1.73. The van der Waals surface area contributed by atoms with E-state index in [-0.39, 0.29) is 5.75 Å². The summed E-state index contributed by atoms with van der Waals surface area (Å²) in [7, 11) is 0. The molecule has 0 bridgehead atoms. The molecule has 112 valence electrons. The molecule has 0 spiro atoms. The van der Waals surface area contributed by atoms with Gasteiger partial charge in [-0.25, -0.2) is 4.98 Å². The lowest BCUT2D eigenvalue weighted by atomic mass is 10.1. The number of benzene rings is 1. The minimum atomic E-state index is -4.39. The highest BCUT2D eigenvalue weighted by molar-refractivity contribution is 7.99. The minimum absolute atomic E-state index is 0.257. The number of para-hydroxylation sites is 1. The smallest absolute Gasteiger partial charge is 0.398 e. The number of thioether (sulfide) groups is 1. The Labute approximate surface area is 124 Å². The van der Waals surface area contributed by atoms with Gasteiger partial charge in [-0.3, -0.25) is 0 Å². The predicted molar refractivity (Wildman–Crippen MR) is 75.8 cm³/mol. The van der Waals surface area contributed by atoms with Crippen LogP contribution in [0.25, 0.3) is 0 Å². The highest BCUT2D eigenvalue weighted by Gasteiger charge is 2.30. The number of nitrogens with two attached hydrogens (primary N) is 1. The molecule has 21 heavy (non-hydrogen) atoms. The molecule has 3 N–H and O–H groups in total. The van der Waals surface area contributed by atoms with Crippen LogP contribution >= 0.6 is 11.8 Å². The average molecular weight is 314 g/mol. The largest absolute Gasteiger partial charge is 0.417 e. The summed E-state index contributed by atoms with van der Waals surface area (Å²) in [4.78, 5) is 3.73. The van der Waals surface area contributed by atoms with Gasteiger partial charge in [0.1, 0.15) is 0 Å². The van der Waals surface area contributed by atoms with Gasteiger partial charge >= 0.3 is 6.18 Å². The maximum absolute atomic E-state index is 12.4. The number of aromatic nitrogens is 1. The van der Waals surface area contributed by atoms with Gasteiger partial charge in [0.25, 0.3) is 0 Å². The van der Waals surface area contributed by atoms with E-state index in [1.807, 2.05) is 0 Å². The minimum Gasteiger partial charge on any atom is -0.398 e. The zero-order valence-electron chi connectivity index (χ0n) is 10.8. The fourth-order valence-electron chi connectivity index (χ4n) is 1.70. The van der Waals surface area contributed by atoms with Gasteiger partial charge in [0, 0.05) is 23.2 Å². The van der Waals surface area contributed by atoms with Crippen LogP contribution in [-0.4, -0.2) is 15.8 Å². The first kappa shape index (κ1) is 15.7. The molecule has 1 aromatic carbocycles. The van der Waals surface area contributed by atoms with Gasteiger partial charge in [0.2, 0.25) is 0 Å². The van der Waals surface area contributed by atoms with Gasteiger partial charge in [-0.05, 0) is 18.2 Å². The highest BCUT2D eigenvalue weighted by Crippen LogP contribution is 2.31. The molecular weight excluding hydrogens is 301 g/mol. The van der Waals surface area contributed by atoms with Crippen molar-refractivity contribution in [1.29, 1.82) is 0 Å². The Balaban J connectivity index is 1.99. The van der Waals surface area contributed by atoms with E-state index in [0.717, 1.165) is 12.3 Å². The number of rotatable bonds is 4. The molecule has 3 nitrogen and oxygen atoms in total. The van der Waals surface area contributed by atoms with Crippen LogP contribution in [-0.2, 0) is 6.18 Å². The van der Waals surface area contributed by atoms with Crippen molar-refractivity contribution in [3.63, 3.8) is 0 Å². The number of nitrogens with zero attached hydrogens (tertiary/aromatic N) is 1. The van der Waals surface area contributed by atoms with E-state index in [9.17, 15) is 18.3 Å². The summed E-state index contributed by atoms with van der Waals surface area (Å²) in [6.45, 7) is 0. The fraction of sp³-hybridized carbons (Fsp3) is 0.214. The third-order valence-corrected chi connectivity index (χ3v) is 3.83. The molecule has 0 fully saturated rings. The number of hydrogen-bond acceptors (Lipinski definition) is 4. The maximum atomic E-state index is 12.4. The first-order chi connectivity index (χ1) is 9.88. The summed E-state index contributed by atoms with van der Waals surface area (Å²) >= 11 is 1.17. The Morgan fingerprint density at radius 1 is 1.19 bits per heavy atom. The number of pyridine rings is 1. The quantitative estimate of drug-likeness (QED) is 0.670. The first-order valence-electron chi connectivity index (χ1n) is 6.06. The van der Waals surface area contributed by atoms with Crippen molar-refractivity contribution in [2.75, 3.05) is 11.5 Å². The monoisotopic (exact) mass is 314 g/mol. The molecule has 1 heterocycles. The number of aliphatic hydroxyl groups is 1. The van der Waals surface area contributed by atoms with Gasteiger partial charge in [0.05, 0.1) is 16.7 Å². The van der Waals surface area contributed by atoms with Crippen molar-refractivity contribution in [2.24, 2.45) is 0 Å². The zero-order valence-corrected chi connectivity index (χ0v) is 11.7. The molecule has 0 aliphatic carbocycles. The van der Waals surface area contributed by atoms with Gasteiger partial charge in [-0.15, -0.1) is 11.8 Å². The van der Waals surface area contributed by atoms with Crippen molar-refractivity contribution < 1.29 is 18.3 Å². The van der Waals surface area contributed by atoms with Crippen LogP contribution in [0.5, 0.6) is 0 Å². The Morgan fingerprint density at radius 2 is 1.90 bits per heavy atom. The molecule has 1 atom stereocenters. The van der Waals surface area contributed by atoms with Crippen LogP contribution in [0.4, 0.5) is 18.9 Å². The fourth-order valence-corrected chi connectivity index (χ4v) is 2.50. The standard InChI is InChI=1S/C14H13F3N2OS/c15-14(16,17)9-5-6-13(19-7-9)21-8-12(20)10-3-1-2-4-11(10)18/h1-7,12,20H,8,18H2. The third-order valence-electron chi connectivity index (χ3n) is 2.81. The summed E-state index contributed by atoms with van der Waals surface area (Å²) in [6.07, 6.45) is -4.42. The van der Waals surface area contributed by atoms with E-state index in [1.165, 1.54) is 17.8 Å². The van der Waals surface area contributed by atoms with Gasteiger partial charge in [-0.1, -0.05) is 18.2 Å². The van der Waals surface area contributed by atoms with Crippen molar-refractivity contribution in [1.82, 2.24) is 4.98 Å². The highest BCUT2D eigenvalue weighted by atomic mass is 32.2. The summed E-state index contributed by atoms with van der Waals surface area (Å²) in [5.41, 5.74) is 6.03. The number of hydrogen-bond donors (Lipinski definition) is 2. The predicted octanol–water partition coefficient (Wildman–Crippen LogP) is 3.51. The molecule has 0 aliphatic heterocycles. The van der Waals surface area contributed by atoms with Crippen LogP contribution in [0.3, 0.4) is 0 Å². The second kappa shape index (κ2) is 6.36. The van der Waals surface area contributed by atoms with Crippen molar-refractivity contribution in [3.05, 3.63) is 53.7 Å². The number of halogens is 3. The Morgan fingerprint density at radius 3 is 2.48 bits per heavy atom. The zero-order chi connectivity index (χ0) is 15.5. The van der Waals surface area contributed by atoms with E-state index >= 15 is 0 Å². The molecule has 0 amide bonds. The lowest BCUT2D eigenvalue weighted by Gasteiger charge is -2.13. The second-order valence-corrected chi connectivity index (χ2v) is 5.38. The summed E-state index contributed by atoms with van der Waals surface area (Å²) in [5.74, 6) is 0.257. The summed E-state index contributed by atoms with van der Waals surface area (Å²) in [5, 5.41) is 10.5. The lowest BCUT2D eigenvalue weighted by Crippen LogP contribution is -2.06. The number of alkyl halides is 3. The SMILES string of the molecule is Nc1ccccc1C(O)CSc1ccc(C(F)(F)F)cn1. The molecule has 1 aromatic heterocycles. The van der Waals surface area contributed by atoms with Gasteiger partial charge < -0.3 is 10.8 Å². The van der Waals surface area contributed by atoms with E-state index in [0.29, 0.717) is 16.3 Å². The normalized spacial score (nSPS) is 13.1. The summed E-state index contributed by atoms with van der Waals surface area (Å²) < 4.78 is 37.2. The molecule has 0 radical (unpaired) electrons. The molecule has 2 aromatic rings. The van der Waals surface area contributed by atoms with Crippen molar-refractivity contribution >= 4 is 17.4 Å². The van der Waals surface area contributed by atoms with Crippen LogP contribution in [0, 0.1) is 0 Å².